The second-order valence-electron chi connectivity index (χ2n) is 10.3. The van der Waals surface area contributed by atoms with Crippen LogP contribution in [-0.4, -0.2) is 68.9 Å². The highest BCUT2D eigenvalue weighted by Crippen LogP contribution is 2.34. The summed E-state index contributed by atoms with van der Waals surface area (Å²) in [5.74, 6) is 2.04. The molecule has 2 aromatic carbocycles. The molecule has 2 aliphatic rings. The number of hydrogen-bond acceptors (Lipinski definition) is 9. The van der Waals surface area contributed by atoms with Crippen LogP contribution in [0.25, 0.3) is 5.95 Å². The molecule has 12 nitrogen and oxygen atoms in total. The molecule has 13 heteroatoms. The van der Waals surface area contributed by atoms with Crippen LogP contribution in [0, 0.1) is 0 Å². The first-order valence-electron chi connectivity index (χ1n) is 13.9. The smallest absolute Gasteiger partial charge is 0.410 e. The zero-order valence-electron chi connectivity index (χ0n) is 23.4. The summed E-state index contributed by atoms with van der Waals surface area (Å²) in [4.78, 5) is 43.2. The first kappa shape index (κ1) is 28.3. The molecule has 0 saturated carbocycles. The maximum Gasteiger partial charge on any atom is 0.410 e. The third-order valence-electron chi connectivity index (χ3n) is 7.34. The summed E-state index contributed by atoms with van der Waals surface area (Å²) < 4.78 is 18.1. The van der Waals surface area contributed by atoms with Crippen molar-refractivity contribution < 1.29 is 23.8 Å². The van der Waals surface area contributed by atoms with Gasteiger partial charge in [-0.3, -0.25) is 9.36 Å². The van der Waals surface area contributed by atoms with Gasteiger partial charge in [-0.15, -0.1) is 0 Å². The van der Waals surface area contributed by atoms with Crippen LogP contribution in [0.3, 0.4) is 0 Å². The highest BCUT2D eigenvalue weighted by Gasteiger charge is 2.33. The minimum atomic E-state index is -0.442. The molecule has 1 saturated heterocycles. The number of nitrogens with zero attached hydrogens (tertiary/aromatic N) is 6. The van der Waals surface area contributed by atoms with Gasteiger partial charge in [-0.05, 0) is 30.2 Å². The summed E-state index contributed by atoms with van der Waals surface area (Å²) in [6, 6.07) is 16.1. The van der Waals surface area contributed by atoms with Gasteiger partial charge in [-0.1, -0.05) is 48.0 Å². The number of fused-ring (bicyclic) bond motifs is 1. The minimum Gasteiger partial charge on any atom is -0.454 e. The Bertz CT molecular complexity index is 1590. The number of benzene rings is 2. The van der Waals surface area contributed by atoms with Crippen molar-refractivity contribution >= 4 is 29.4 Å². The van der Waals surface area contributed by atoms with Crippen LogP contribution < -0.4 is 19.7 Å². The van der Waals surface area contributed by atoms with Crippen molar-refractivity contribution in [2.45, 2.75) is 32.0 Å². The zero-order chi connectivity index (χ0) is 29.8. The van der Waals surface area contributed by atoms with Crippen LogP contribution in [0.1, 0.15) is 30.5 Å². The fraction of sp³-hybridized carbons (Fsp3) is 0.300. The predicted octanol–water partition coefficient (Wildman–Crippen LogP) is 4.14. The number of imidazole rings is 1. The van der Waals surface area contributed by atoms with Crippen molar-refractivity contribution in [1.82, 2.24) is 29.7 Å². The van der Waals surface area contributed by atoms with Gasteiger partial charge in [-0.25, -0.2) is 14.8 Å². The average molecular weight is 604 g/mol. The molecule has 1 N–H and O–H groups in total. The van der Waals surface area contributed by atoms with Crippen LogP contribution >= 0.6 is 11.6 Å². The second kappa shape index (κ2) is 12.6. The standard InChI is InChI=1S/C30H30ClN7O5/c1-20(22-7-8-24-25(13-22)43-19-42-24)33-28(39)14-23-16-36(30(40)41-17-21-5-3-2-4-6-21)11-12-38(23)27-15-26(31)34-29(35-27)37-10-9-32-18-37/h2-10,13,15,18,20,23H,11-12,14,16-17,19H2,1H3,(H,33,39). The van der Waals surface area contributed by atoms with Gasteiger partial charge in [0.25, 0.3) is 0 Å². The van der Waals surface area contributed by atoms with E-state index < -0.39 is 12.1 Å². The highest BCUT2D eigenvalue weighted by atomic mass is 35.5. The molecule has 2 unspecified atom stereocenters. The average Bonchev–Trinajstić information content (AvgIpc) is 3.72. The summed E-state index contributed by atoms with van der Waals surface area (Å²) in [5.41, 5.74) is 1.78. The Balaban J connectivity index is 1.19. The SMILES string of the molecule is CC(NC(=O)CC1CN(C(=O)OCc2ccccc2)CCN1c1cc(Cl)nc(-n2ccnc2)n1)c1ccc2c(c1)OCO2. The number of aromatic nitrogens is 4. The Hall–Kier alpha value is -4.84. The maximum absolute atomic E-state index is 13.4. The number of nitrogens with one attached hydrogen (secondary N) is 1. The van der Waals surface area contributed by atoms with E-state index in [1.807, 2.05) is 60.4 Å². The summed E-state index contributed by atoms with van der Waals surface area (Å²) >= 11 is 6.40. The first-order chi connectivity index (χ1) is 20.9. The third-order valence-corrected chi connectivity index (χ3v) is 7.53. The van der Waals surface area contributed by atoms with Gasteiger partial charge in [0.2, 0.25) is 18.6 Å². The van der Waals surface area contributed by atoms with Gasteiger partial charge in [0.1, 0.15) is 23.9 Å². The van der Waals surface area contributed by atoms with Crippen molar-refractivity contribution in [2.75, 3.05) is 31.3 Å². The molecule has 0 bridgehead atoms. The number of piperazine rings is 1. The molecule has 0 spiro atoms. The number of ether oxygens (including phenoxy) is 3. The molecule has 0 radical (unpaired) electrons. The summed E-state index contributed by atoms with van der Waals surface area (Å²) in [7, 11) is 0. The Kier molecular flexibility index (Phi) is 8.27. The monoisotopic (exact) mass is 603 g/mol. The second-order valence-corrected chi connectivity index (χ2v) is 10.6. The summed E-state index contributed by atoms with van der Waals surface area (Å²) in [6.07, 6.45) is 4.58. The Labute approximate surface area is 253 Å². The summed E-state index contributed by atoms with van der Waals surface area (Å²) in [6.45, 7) is 3.28. The van der Waals surface area contributed by atoms with Crippen LogP contribution in [0.15, 0.2) is 73.3 Å². The van der Waals surface area contributed by atoms with E-state index in [9.17, 15) is 9.59 Å². The fourth-order valence-corrected chi connectivity index (χ4v) is 5.30. The van der Waals surface area contributed by atoms with Gasteiger partial charge < -0.3 is 29.3 Å². The number of rotatable bonds is 8. The quantitative estimate of drug-likeness (QED) is 0.296. The van der Waals surface area contributed by atoms with E-state index >= 15 is 0 Å². The largest absolute Gasteiger partial charge is 0.454 e. The van der Waals surface area contributed by atoms with Crippen molar-refractivity contribution in [2.24, 2.45) is 0 Å². The lowest BCUT2D eigenvalue weighted by atomic mass is 10.1. The molecular formula is C30H30ClN7O5. The molecule has 2 aliphatic heterocycles. The maximum atomic E-state index is 13.4. The number of amides is 2. The van der Waals surface area contributed by atoms with E-state index in [1.54, 1.807) is 34.3 Å². The molecule has 6 rings (SSSR count). The molecule has 1 fully saturated rings. The molecule has 2 aromatic heterocycles. The predicted molar refractivity (Wildman–Crippen MR) is 157 cm³/mol. The lowest BCUT2D eigenvalue weighted by molar-refractivity contribution is -0.122. The lowest BCUT2D eigenvalue weighted by Crippen LogP contribution is -2.56. The molecular weight excluding hydrogens is 574 g/mol. The molecule has 4 heterocycles. The van der Waals surface area contributed by atoms with E-state index in [-0.39, 0.29) is 43.5 Å². The van der Waals surface area contributed by atoms with Crippen molar-refractivity contribution in [1.29, 1.82) is 0 Å². The van der Waals surface area contributed by atoms with E-state index in [2.05, 4.69) is 15.3 Å². The molecule has 43 heavy (non-hydrogen) atoms. The van der Waals surface area contributed by atoms with Gasteiger partial charge in [-0.2, -0.15) is 4.98 Å². The molecule has 4 aromatic rings. The summed E-state index contributed by atoms with van der Waals surface area (Å²) in [5, 5.41) is 3.32. The van der Waals surface area contributed by atoms with Crippen LogP contribution in [0.5, 0.6) is 11.5 Å². The van der Waals surface area contributed by atoms with Gasteiger partial charge >= 0.3 is 6.09 Å². The zero-order valence-corrected chi connectivity index (χ0v) is 24.2. The van der Waals surface area contributed by atoms with Crippen LogP contribution in [0.2, 0.25) is 5.15 Å². The van der Waals surface area contributed by atoms with Crippen LogP contribution in [-0.2, 0) is 16.1 Å². The number of hydrogen-bond donors (Lipinski definition) is 1. The Morgan fingerprint density at radius 2 is 1.93 bits per heavy atom. The minimum absolute atomic E-state index is 0.0966. The van der Waals surface area contributed by atoms with Gasteiger partial charge in [0.15, 0.2) is 11.5 Å². The normalized spacial score (nSPS) is 16.6. The van der Waals surface area contributed by atoms with Gasteiger partial charge in [0, 0.05) is 44.5 Å². The number of carbonyl (C=O) groups excluding carboxylic acids is 2. The van der Waals surface area contributed by atoms with Gasteiger partial charge in [0.05, 0.1) is 12.1 Å². The van der Waals surface area contributed by atoms with E-state index in [1.165, 1.54) is 0 Å². The fourth-order valence-electron chi connectivity index (χ4n) is 5.12. The van der Waals surface area contributed by atoms with Crippen molar-refractivity contribution in [3.8, 4) is 17.4 Å². The third kappa shape index (κ3) is 6.64. The van der Waals surface area contributed by atoms with Crippen LogP contribution in [0.4, 0.5) is 10.6 Å². The number of halogens is 1. The van der Waals surface area contributed by atoms with Crippen molar-refractivity contribution in [3.63, 3.8) is 0 Å². The topological polar surface area (TPSA) is 124 Å². The molecule has 2 amide bonds. The van der Waals surface area contributed by atoms with E-state index in [4.69, 9.17) is 30.8 Å². The molecule has 0 aliphatic carbocycles. The first-order valence-corrected chi connectivity index (χ1v) is 14.2. The Morgan fingerprint density at radius 3 is 2.74 bits per heavy atom. The number of carbonyl (C=O) groups is 2. The Morgan fingerprint density at radius 1 is 1.09 bits per heavy atom. The number of anilines is 1. The lowest BCUT2D eigenvalue weighted by Gasteiger charge is -2.41. The van der Waals surface area contributed by atoms with Crippen molar-refractivity contribution in [3.05, 3.63) is 89.6 Å². The van der Waals surface area contributed by atoms with E-state index in [0.717, 1.165) is 11.1 Å². The highest BCUT2D eigenvalue weighted by molar-refractivity contribution is 6.29. The molecule has 222 valence electrons. The van der Waals surface area contributed by atoms with E-state index in [0.29, 0.717) is 36.4 Å². The molecule has 2 atom stereocenters.